The van der Waals surface area contributed by atoms with Crippen molar-refractivity contribution in [2.24, 2.45) is 35.0 Å². The molecule has 3 heterocycles. The van der Waals surface area contributed by atoms with Crippen molar-refractivity contribution in [2.75, 3.05) is 26.2 Å². The third-order valence-corrected chi connectivity index (χ3v) is 15.8. The highest BCUT2D eigenvalue weighted by Crippen LogP contribution is 2.24. The first-order valence-corrected chi connectivity index (χ1v) is 31.1. The van der Waals surface area contributed by atoms with Crippen LogP contribution < -0.4 is 70.4 Å². The molecule has 3 fully saturated rings. The molecule has 13 amide bonds. The lowest BCUT2D eigenvalue weighted by molar-refractivity contribution is -0.145. The lowest BCUT2D eigenvalue weighted by Gasteiger charge is -2.33. The van der Waals surface area contributed by atoms with Gasteiger partial charge >= 0.3 is 11.9 Å². The summed E-state index contributed by atoms with van der Waals surface area (Å²) in [7, 11) is 0. The monoisotopic (exact) mass is 1280 g/mol. The minimum Gasteiger partial charge on any atom is -0.481 e. The maximum Gasteiger partial charge on any atom is 0.326 e. The number of carboxylic acids is 2. The second-order valence-corrected chi connectivity index (χ2v) is 24.4. The highest BCUT2D eigenvalue weighted by atomic mass is 16.4. The van der Waals surface area contributed by atoms with Crippen LogP contribution in [-0.4, -0.2) is 207 Å². The molecule has 0 saturated carbocycles. The Labute approximate surface area is 524 Å². The van der Waals surface area contributed by atoms with Crippen molar-refractivity contribution < 1.29 is 82.1 Å². The van der Waals surface area contributed by atoms with Crippen molar-refractivity contribution in [1.82, 2.24) is 63.0 Å². The number of hydrogen-bond acceptors (Lipinski definition) is 17. The molecule has 3 rings (SSSR count). The molecule has 0 aliphatic carbocycles. The zero-order valence-electron chi connectivity index (χ0n) is 52.9. The number of amides is 13. The zero-order valence-corrected chi connectivity index (χ0v) is 52.9. The average Bonchev–Trinajstić information content (AvgIpc) is 1.69. The first kappa shape index (κ1) is 76.2. The topological polar surface area (TPSA) is 501 Å². The van der Waals surface area contributed by atoms with Crippen LogP contribution in [0, 0.1) is 17.8 Å². The van der Waals surface area contributed by atoms with Crippen LogP contribution in [0.25, 0.3) is 0 Å². The minimum atomic E-state index is -1.60. The first-order chi connectivity index (χ1) is 42.3. The standard InChI is InChI=1S/C58H97N15O17/c1-29(2)28-39(52(83)70-45(30(3)4)55(86)66-35(14-9-10-24-59)50(81)65-36(18-21-42(60)74)51(82)68-38(58(89)90)19-22-43(61)75)69-53(84)40-16-13-27-73(40)57(88)46(31(5)6)71-54(85)41-17-12-26-72(41)56(87)37(20-23-44(76)77)67-48(79)33(8)63-47(78)32(7)64-49(80)34-15-11-25-62-34/h29-41,45-46,62H,9-28,59H2,1-8H3,(H2,60,74)(H2,61,75)(H,63,78)(H,64,80)(H,65,81)(H,66,86)(H,67,79)(H,68,82)(H,69,84)(H,70,83)(H,71,85)(H,76,77)(H,89,90)/t32-,33-,34-,35-,36-,37-,38-,39-,40-,41-,45-,46-/m0/s1. The Morgan fingerprint density at radius 3 is 1.46 bits per heavy atom. The first-order valence-electron chi connectivity index (χ1n) is 31.1. The number of nitrogens with one attached hydrogen (secondary N) is 10. The summed E-state index contributed by atoms with van der Waals surface area (Å²) in [6, 6.07) is -14.8. The average molecular weight is 1280 g/mol. The summed E-state index contributed by atoms with van der Waals surface area (Å²) in [4.78, 5) is 202. The quantitative estimate of drug-likeness (QED) is 0.0263. The molecule has 90 heavy (non-hydrogen) atoms. The van der Waals surface area contributed by atoms with E-state index in [1.807, 2.05) is 0 Å². The number of hydrogen-bond donors (Lipinski definition) is 15. The van der Waals surface area contributed by atoms with Crippen LogP contribution in [-0.2, 0) is 71.9 Å². The molecule has 0 aromatic rings. The third kappa shape index (κ3) is 24.4. The molecular weight excluding hydrogens is 1180 g/mol. The summed E-state index contributed by atoms with van der Waals surface area (Å²) in [5.74, 6) is -14.2. The fraction of sp³-hybridized carbons (Fsp3) is 0.741. The molecule has 3 aliphatic heterocycles. The molecule has 0 bridgehead atoms. The Bertz CT molecular complexity index is 2580. The SMILES string of the molecule is CC(C)C[C@H](NC(=O)[C@@H]1CCCN1C(=O)[C@@H](NC(=O)[C@@H]1CCCN1C(=O)[C@H](CCC(=O)O)NC(=O)[C@H](C)NC(=O)[C@H](C)NC(=O)[C@@H]1CCCN1)C(C)C)C(=O)N[C@H](C(=O)N[C@@H](CCCCN)C(=O)N[C@@H](CCC(N)=O)C(=O)N[C@@H](CCC(N)=O)C(=O)O)C(C)C. The van der Waals surface area contributed by atoms with Gasteiger partial charge in [0.1, 0.15) is 66.5 Å². The van der Waals surface area contributed by atoms with Crippen LogP contribution in [0.15, 0.2) is 0 Å². The number of primary amides is 2. The van der Waals surface area contributed by atoms with Crippen molar-refractivity contribution in [3.8, 4) is 0 Å². The smallest absolute Gasteiger partial charge is 0.326 e. The van der Waals surface area contributed by atoms with E-state index < -0.39 is 186 Å². The highest BCUT2D eigenvalue weighted by Gasteiger charge is 2.44. The number of carbonyl (C=O) groups excluding carboxylic acids is 13. The molecule has 0 aromatic carbocycles. The van der Waals surface area contributed by atoms with E-state index in [-0.39, 0.29) is 76.4 Å². The lowest BCUT2D eigenvalue weighted by Crippen LogP contribution is -2.61. The van der Waals surface area contributed by atoms with Gasteiger partial charge in [-0.05, 0) is 128 Å². The van der Waals surface area contributed by atoms with Crippen LogP contribution >= 0.6 is 0 Å². The lowest BCUT2D eigenvalue weighted by atomic mass is 9.98. The van der Waals surface area contributed by atoms with Gasteiger partial charge in [0.15, 0.2) is 0 Å². The van der Waals surface area contributed by atoms with E-state index in [4.69, 9.17) is 17.2 Å². The molecule has 32 nitrogen and oxygen atoms in total. The van der Waals surface area contributed by atoms with Gasteiger partial charge in [0.2, 0.25) is 76.8 Å². The molecule has 3 aliphatic rings. The summed E-state index contributed by atoms with van der Waals surface area (Å²) in [5.41, 5.74) is 16.2. The molecule has 32 heteroatoms. The van der Waals surface area contributed by atoms with Gasteiger partial charge in [-0.2, -0.15) is 0 Å². The Morgan fingerprint density at radius 2 is 0.944 bits per heavy atom. The van der Waals surface area contributed by atoms with Crippen molar-refractivity contribution in [1.29, 1.82) is 0 Å². The maximum atomic E-state index is 14.6. The fourth-order valence-electron chi connectivity index (χ4n) is 10.7. The molecule has 3 saturated heterocycles. The van der Waals surface area contributed by atoms with Gasteiger partial charge < -0.3 is 90.4 Å². The Hall–Kier alpha value is -8.03. The Balaban J connectivity index is 1.78. The van der Waals surface area contributed by atoms with Gasteiger partial charge in [0.25, 0.3) is 0 Å². The van der Waals surface area contributed by atoms with Crippen LogP contribution in [0.3, 0.4) is 0 Å². The van der Waals surface area contributed by atoms with E-state index in [1.165, 1.54) is 23.6 Å². The zero-order chi connectivity index (χ0) is 67.7. The van der Waals surface area contributed by atoms with Crippen molar-refractivity contribution in [3.05, 3.63) is 0 Å². The molecule has 12 atom stereocenters. The molecule has 506 valence electrons. The summed E-state index contributed by atoms with van der Waals surface area (Å²) < 4.78 is 0. The van der Waals surface area contributed by atoms with E-state index in [1.54, 1.807) is 41.5 Å². The van der Waals surface area contributed by atoms with Crippen LogP contribution in [0.2, 0.25) is 0 Å². The predicted octanol–water partition coefficient (Wildman–Crippen LogP) is -3.91. The number of aliphatic carboxylic acids is 2. The van der Waals surface area contributed by atoms with Gasteiger partial charge in [0.05, 0.1) is 6.04 Å². The van der Waals surface area contributed by atoms with Crippen LogP contribution in [0.4, 0.5) is 0 Å². The van der Waals surface area contributed by atoms with Gasteiger partial charge in [-0.25, -0.2) is 4.79 Å². The van der Waals surface area contributed by atoms with Crippen LogP contribution in [0.1, 0.15) is 158 Å². The molecule has 0 spiro atoms. The predicted molar refractivity (Wildman–Crippen MR) is 323 cm³/mol. The summed E-state index contributed by atoms with van der Waals surface area (Å²) >= 11 is 0. The number of unbranched alkanes of at least 4 members (excludes halogenated alkanes) is 1. The summed E-state index contributed by atoms with van der Waals surface area (Å²) in [6.45, 7) is 13.9. The Kier molecular flexibility index (Phi) is 31.5. The van der Waals surface area contributed by atoms with E-state index in [9.17, 15) is 82.1 Å². The van der Waals surface area contributed by atoms with Crippen molar-refractivity contribution in [2.45, 2.75) is 231 Å². The van der Waals surface area contributed by atoms with Gasteiger partial charge in [-0.15, -0.1) is 0 Å². The maximum absolute atomic E-state index is 14.6. The number of carbonyl (C=O) groups is 15. The molecule has 0 radical (unpaired) electrons. The van der Waals surface area contributed by atoms with E-state index in [2.05, 4.69) is 53.2 Å². The number of nitrogens with zero attached hydrogens (tertiary/aromatic N) is 2. The second kappa shape index (κ2) is 37.2. The fourth-order valence-corrected chi connectivity index (χ4v) is 10.7. The van der Waals surface area contributed by atoms with Gasteiger partial charge in [-0.3, -0.25) is 67.1 Å². The van der Waals surface area contributed by atoms with Gasteiger partial charge in [-0.1, -0.05) is 41.5 Å². The Morgan fingerprint density at radius 1 is 0.467 bits per heavy atom. The second-order valence-electron chi connectivity index (χ2n) is 24.4. The number of rotatable bonds is 38. The number of carboxylic acid groups (broad SMARTS) is 2. The normalized spacial score (nSPS) is 19.4. The molecular formula is C58H97N15O17. The minimum absolute atomic E-state index is 0.0259. The van der Waals surface area contributed by atoms with E-state index in [0.717, 1.165) is 6.42 Å². The molecule has 0 unspecified atom stereocenters. The van der Waals surface area contributed by atoms with E-state index in [0.29, 0.717) is 38.6 Å². The molecule has 18 N–H and O–H groups in total. The van der Waals surface area contributed by atoms with E-state index >= 15 is 0 Å². The third-order valence-electron chi connectivity index (χ3n) is 15.8. The number of nitrogens with two attached hydrogens (primary N) is 3. The van der Waals surface area contributed by atoms with Crippen molar-refractivity contribution >= 4 is 88.7 Å². The summed E-state index contributed by atoms with van der Waals surface area (Å²) in [6.07, 6.45) is 0.628. The summed E-state index contributed by atoms with van der Waals surface area (Å²) in [5, 5.41) is 45.5. The largest absolute Gasteiger partial charge is 0.481 e. The van der Waals surface area contributed by atoms with Crippen molar-refractivity contribution in [3.63, 3.8) is 0 Å². The highest BCUT2D eigenvalue weighted by molar-refractivity contribution is 6.00. The van der Waals surface area contributed by atoms with Gasteiger partial charge in [0, 0.05) is 32.4 Å². The van der Waals surface area contributed by atoms with Crippen LogP contribution in [0.5, 0.6) is 0 Å². The molecule has 0 aromatic heterocycles. The number of likely N-dealkylation sites (tertiary alicyclic amines) is 2.